The van der Waals surface area contributed by atoms with Gasteiger partial charge < -0.3 is 0 Å². The molecule has 4 fully saturated rings. The van der Waals surface area contributed by atoms with Crippen molar-refractivity contribution < 1.29 is 4.39 Å². The van der Waals surface area contributed by atoms with Crippen LogP contribution in [-0.4, -0.2) is 9.97 Å². The molecule has 0 radical (unpaired) electrons. The predicted molar refractivity (Wildman–Crippen MR) is 66.8 cm³/mol. The summed E-state index contributed by atoms with van der Waals surface area (Å²) in [6.07, 6.45) is 7.87. The molecule has 0 saturated heterocycles. The van der Waals surface area contributed by atoms with Crippen molar-refractivity contribution in [2.45, 2.75) is 38.0 Å². The molecule has 4 bridgehead atoms. The molecule has 0 atom stereocenters. The first-order chi connectivity index (χ1) is 8.72. The van der Waals surface area contributed by atoms with E-state index < -0.39 is 0 Å². The smallest absolute Gasteiger partial charge is 0.182 e. The summed E-state index contributed by atoms with van der Waals surface area (Å²) in [5, 5.41) is -0.0196. The van der Waals surface area contributed by atoms with E-state index in [-0.39, 0.29) is 11.0 Å². The summed E-state index contributed by atoms with van der Waals surface area (Å²) < 4.78 is 14.1. The third-order valence-electron chi connectivity index (χ3n) is 5.32. The molecule has 4 aliphatic carbocycles. The van der Waals surface area contributed by atoms with Crippen molar-refractivity contribution in [3.8, 4) is 0 Å². The minimum atomic E-state index is -0.378. The largest absolute Gasteiger partial charge is 0.238 e. The van der Waals surface area contributed by atoms with Crippen molar-refractivity contribution >= 4 is 11.6 Å². The number of hydrogen-bond acceptors (Lipinski definition) is 2. The molecule has 0 aliphatic heterocycles. The Bertz CT molecular complexity index is 463. The lowest BCUT2D eigenvalue weighted by Gasteiger charge is -2.54. The summed E-state index contributed by atoms with van der Waals surface area (Å²) in [6, 6.07) is 0. The summed E-state index contributed by atoms with van der Waals surface area (Å²) in [5.74, 6) is 2.95. The van der Waals surface area contributed by atoms with Gasteiger partial charge in [0, 0.05) is 5.92 Å². The molecule has 4 aliphatic rings. The summed E-state index contributed by atoms with van der Waals surface area (Å²) >= 11 is 5.80. The molecule has 0 N–H and O–H groups in total. The third kappa shape index (κ3) is 1.52. The lowest BCUT2D eigenvalue weighted by molar-refractivity contribution is -0.00542. The van der Waals surface area contributed by atoms with Gasteiger partial charge in [0.1, 0.15) is 6.33 Å². The molecular weight excluding hydrogens is 251 g/mol. The maximum absolute atomic E-state index is 14.1. The molecule has 1 heterocycles. The Hall–Kier alpha value is -0.700. The molecule has 18 heavy (non-hydrogen) atoms. The van der Waals surface area contributed by atoms with Gasteiger partial charge in [-0.3, -0.25) is 0 Å². The van der Waals surface area contributed by atoms with E-state index in [0.29, 0.717) is 23.4 Å². The molecular formula is C14H16ClFN2. The molecule has 0 unspecified atom stereocenters. The van der Waals surface area contributed by atoms with E-state index in [1.165, 1.54) is 38.4 Å². The average Bonchev–Trinajstić information content (AvgIpc) is 2.33. The van der Waals surface area contributed by atoms with Crippen LogP contribution in [0.3, 0.4) is 0 Å². The quantitative estimate of drug-likeness (QED) is 0.723. The normalized spacial score (nSPS) is 41.3. The summed E-state index contributed by atoms with van der Waals surface area (Å²) in [4.78, 5) is 7.95. The SMILES string of the molecule is Fc1c(Cl)ncnc1C1C2CC3CC(C2)CC1C3. The van der Waals surface area contributed by atoms with Crippen LogP contribution < -0.4 is 0 Å². The second-order valence-corrected chi connectivity index (χ2v) is 6.68. The zero-order valence-electron chi connectivity index (χ0n) is 10.1. The first kappa shape index (κ1) is 11.2. The summed E-state index contributed by atoms with van der Waals surface area (Å²) in [7, 11) is 0. The molecule has 0 aromatic carbocycles. The highest BCUT2D eigenvalue weighted by molar-refractivity contribution is 6.29. The molecule has 1 aromatic heterocycles. The predicted octanol–water partition coefficient (Wildman–Crippen LogP) is 3.81. The van der Waals surface area contributed by atoms with Gasteiger partial charge in [0.25, 0.3) is 0 Å². The van der Waals surface area contributed by atoms with E-state index in [1.54, 1.807) is 0 Å². The van der Waals surface area contributed by atoms with Gasteiger partial charge in [-0.05, 0) is 55.8 Å². The van der Waals surface area contributed by atoms with Gasteiger partial charge in [0.2, 0.25) is 0 Å². The fourth-order valence-electron chi connectivity index (χ4n) is 4.96. The molecule has 5 rings (SSSR count). The van der Waals surface area contributed by atoms with Crippen molar-refractivity contribution in [2.75, 3.05) is 0 Å². The van der Waals surface area contributed by atoms with Crippen molar-refractivity contribution in [3.63, 3.8) is 0 Å². The van der Waals surface area contributed by atoms with Crippen LogP contribution in [0.25, 0.3) is 0 Å². The van der Waals surface area contributed by atoms with E-state index in [2.05, 4.69) is 9.97 Å². The molecule has 1 aromatic rings. The van der Waals surface area contributed by atoms with Gasteiger partial charge in [-0.1, -0.05) is 11.6 Å². The zero-order chi connectivity index (χ0) is 12.3. The zero-order valence-corrected chi connectivity index (χ0v) is 10.9. The molecule has 0 amide bonds. The van der Waals surface area contributed by atoms with Crippen molar-refractivity contribution in [3.05, 3.63) is 23.0 Å². The van der Waals surface area contributed by atoms with E-state index in [9.17, 15) is 4.39 Å². The summed E-state index contributed by atoms with van der Waals surface area (Å²) in [5.41, 5.74) is 0.587. The van der Waals surface area contributed by atoms with Crippen LogP contribution in [0.15, 0.2) is 6.33 Å². The van der Waals surface area contributed by atoms with E-state index in [0.717, 1.165) is 11.8 Å². The van der Waals surface area contributed by atoms with Crippen LogP contribution in [0.5, 0.6) is 0 Å². The minimum absolute atomic E-state index is 0.0196. The van der Waals surface area contributed by atoms with Crippen LogP contribution in [-0.2, 0) is 0 Å². The molecule has 2 nitrogen and oxygen atoms in total. The highest BCUT2D eigenvalue weighted by Crippen LogP contribution is 2.59. The van der Waals surface area contributed by atoms with Crippen LogP contribution in [0.4, 0.5) is 4.39 Å². The van der Waals surface area contributed by atoms with E-state index >= 15 is 0 Å². The third-order valence-corrected chi connectivity index (χ3v) is 5.58. The van der Waals surface area contributed by atoms with Gasteiger partial charge in [0.05, 0.1) is 5.69 Å². The van der Waals surface area contributed by atoms with Gasteiger partial charge in [0.15, 0.2) is 11.0 Å². The lowest BCUT2D eigenvalue weighted by Crippen LogP contribution is -2.44. The second-order valence-electron chi connectivity index (χ2n) is 6.32. The fourth-order valence-corrected chi connectivity index (χ4v) is 5.11. The van der Waals surface area contributed by atoms with Crippen LogP contribution in [0.2, 0.25) is 5.15 Å². The van der Waals surface area contributed by atoms with Gasteiger partial charge in [-0.15, -0.1) is 0 Å². The van der Waals surface area contributed by atoms with Crippen molar-refractivity contribution in [1.29, 1.82) is 0 Å². The Morgan fingerprint density at radius 2 is 1.61 bits per heavy atom. The fraction of sp³-hybridized carbons (Fsp3) is 0.714. The Balaban J connectivity index is 1.74. The van der Waals surface area contributed by atoms with Crippen LogP contribution in [0.1, 0.15) is 43.7 Å². The monoisotopic (exact) mass is 266 g/mol. The average molecular weight is 267 g/mol. The first-order valence-electron chi connectivity index (χ1n) is 6.88. The Morgan fingerprint density at radius 1 is 1.00 bits per heavy atom. The minimum Gasteiger partial charge on any atom is -0.238 e. The van der Waals surface area contributed by atoms with Crippen molar-refractivity contribution in [1.82, 2.24) is 9.97 Å². The summed E-state index contributed by atoms with van der Waals surface area (Å²) in [6.45, 7) is 0. The molecule has 4 saturated carbocycles. The number of hydrogen-bond donors (Lipinski definition) is 0. The highest BCUT2D eigenvalue weighted by atomic mass is 35.5. The van der Waals surface area contributed by atoms with Crippen LogP contribution in [0, 0.1) is 29.5 Å². The Morgan fingerprint density at radius 3 is 2.22 bits per heavy atom. The number of nitrogens with zero attached hydrogens (tertiary/aromatic N) is 2. The second kappa shape index (κ2) is 3.89. The highest BCUT2D eigenvalue weighted by Gasteiger charge is 2.49. The lowest BCUT2D eigenvalue weighted by atomic mass is 9.51. The molecule has 96 valence electrons. The number of aromatic nitrogens is 2. The van der Waals surface area contributed by atoms with Crippen molar-refractivity contribution in [2.24, 2.45) is 23.7 Å². The standard InChI is InChI=1S/C14H16ClFN2/c15-14-12(16)13(17-6-18-14)11-9-2-7-1-8(4-9)5-10(11)3-7/h6-11H,1-5H2. The Kier molecular flexibility index (Phi) is 2.41. The number of rotatable bonds is 1. The van der Waals surface area contributed by atoms with Gasteiger partial charge in [-0.2, -0.15) is 0 Å². The number of halogens is 2. The topological polar surface area (TPSA) is 25.8 Å². The maximum Gasteiger partial charge on any atom is 0.182 e. The first-order valence-corrected chi connectivity index (χ1v) is 7.26. The molecule has 0 spiro atoms. The van der Waals surface area contributed by atoms with Gasteiger partial charge in [-0.25, -0.2) is 14.4 Å². The molecule has 4 heteroatoms. The van der Waals surface area contributed by atoms with E-state index in [4.69, 9.17) is 11.6 Å². The van der Waals surface area contributed by atoms with Gasteiger partial charge >= 0.3 is 0 Å². The maximum atomic E-state index is 14.1. The van der Waals surface area contributed by atoms with E-state index in [1.807, 2.05) is 0 Å². The van der Waals surface area contributed by atoms with Crippen LogP contribution >= 0.6 is 11.6 Å². The Labute approximate surface area is 111 Å².